The van der Waals surface area contributed by atoms with Gasteiger partial charge in [0.25, 0.3) is 0 Å². The summed E-state index contributed by atoms with van der Waals surface area (Å²) in [5, 5.41) is 5.59. The van der Waals surface area contributed by atoms with Gasteiger partial charge in [0, 0.05) is 19.0 Å². The average Bonchev–Trinajstić information content (AvgIpc) is 2.39. The van der Waals surface area contributed by atoms with Gasteiger partial charge in [0.2, 0.25) is 5.91 Å². The highest BCUT2D eigenvalue weighted by Crippen LogP contribution is 2.26. The fourth-order valence-electron chi connectivity index (χ4n) is 1.53. The number of nitrogens with one attached hydrogen (secondary N) is 2. The average molecular weight is 329 g/mol. The number of carbonyl (C=O) groups excluding carboxylic acids is 2. The molecule has 0 spiro atoms. The third-order valence-corrected chi connectivity index (χ3v) is 2.80. The maximum absolute atomic E-state index is 11.8. The van der Waals surface area contributed by atoms with Crippen molar-refractivity contribution in [2.75, 3.05) is 19.0 Å². The molecule has 0 unspecified atom stereocenters. The molecule has 0 fully saturated rings. The van der Waals surface area contributed by atoms with Crippen molar-refractivity contribution in [1.82, 2.24) is 5.32 Å². The molecule has 0 heterocycles. The first kappa shape index (κ1) is 18.1. The summed E-state index contributed by atoms with van der Waals surface area (Å²) in [4.78, 5) is 23.3. The highest BCUT2D eigenvalue weighted by molar-refractivity contribution is 6.33. The van der Waals surface area contributed by atoms with Gasteiger partial charge in [0.05, 0.1) is 17.8 Å². The number of amides is 2. The van der Waals surface area contributed by atoms with Gasteiger partial charge in [-0.1, -0.05) is 11.6 Å². The Bertz CT molecular complexity index is 541. The van der Waals surface area contributed by atoms with E-state index in [1.54, 1.807) is 39.0 Å². The zero-order valence-corrected chi connectivity index (χ0v) is 13.9. The Morgan fingerprint density at radius 3 is 2.55 bits per heavy atom. The number of alkyl carbamates (subject to hydrolysis) is 1. The number of hydrogen-bond acceptors (Lipinski definition) is 4. The van der Waals surface area contributed by atoms with Crippen LogP contribution in [0.15, 0.2) is 18.2 Å². The lowest BCUT2D eigenvalue weighted by molar-refractivity contribution is -0.116. The molecule has 2 N–H and O–H groups in total. The van der Waals surface area contributed by atoms with Crippen LogP contribution < -0.4 is 15.4 Å². The van der Waals surface area contributed by atoms with Gasteiger partial charge in [-0.15, -0.1) is 0 Å². The summed E-state index contributed by atoms with van der Waals surface area (Å²) in [6.07, 6.45) is -0.452. The summed E-state index contributed by atoms with van der Waals surface area (Å²) in [6, 6.07) is 4.96. The van der Waals surface area contributed by atoms with Crippen molar-refractivity contribution in [2.45, 2.75) is 32.8 Å². The summed E-state index contributed by atoms with van der Waals surface area (Å²) >= 11 is 5.99. The lowest BCUT2D eigenvalue weighted by Crippen LogP contribution is -2.34. The van der Waals surface area contributed by atoms with Gasteiger partial charge in [-0.3, -0.25) is 4.79 Å². The van der Waals surface area contributed by atoms with E-state index in [1.165, 1.54) is 7.11 Å². The monoisotopic (exact) mass is 328 g/mol. The van der Waals surface area contributed by atoms with E-state index in [9.17, 15) is 9.59 Å². The number of benzene rings is 1. The number of hydrogen-bond donors (Lipinski definition) is 2. The van der Waals surface area contributed by atoms with Crippen LogP contribution in [0.1, 0.15) is 27.2 Å². The van der Waals surface area contributed by atoms with Gasteiger partial charge in [-0.05, 0) is 32.9 Å². The maximum Gasteiger partial charge on any atom is 0.407 e. The molecule has 0 bridgehead atoms. The second-order valence-electron chi connectivity index (χ2n) is 5.57. The Morgan fingerprint density at radius 1 is 1.27 bits per heavy atom. The molecular weight excluding hydrogens is 308 g/mol. The second kappa shape index (κ2) is 7.89. The van der Waals surface area contributed by atoms with Crippen molar-refractivity contribution < 1.29 is 19.1 Å². The van der Waals surface area contributed by atoms with Gasteiger partial charge in [-0.25, -0.2) is 4.79 Å². The fourth-order valence-corrected chi connectivity index (χ4v) is 1.70. The summed E-state index contributed by atoms with van der Waals surface area (Å²) in [7, 11) is 1.53. The molecule has 0 atom stereocenters. The van der Waals surface area contributed by atoms with Crippen molar-refractivity contribution in [3.05, 3.63) is 23.2 Å². The molecule has 0 saturated heterocycles. The quantitative estimate of drug-likeness (QED) is 0.870. The molecular formula is C15H21ClN2O4. The molecule has 1 aromatic carbocycles. The molecule has 0 saturated carbocycles. The van der Waals surface area contributed by atoms with Crippen LogP contribution in [0, 0.1) is 0 Å². The summed E-state index contributed by atoms with van der Waals surface area (Å²) < 4.78 is 10.1. The largest absolute Gasteiger partial charge is 0.497 e. The normalized spacial score (nSPS) is 10.8. The lowest BCUT2D eigenvalue weighted by Gasteiger charge is -2.19. The van der Waals surface area contributed by atoms with Gasteiger partial charge in [0.15, 0.2) is 0 Å². The number of rotatable bonds is 5. The van der Waals surface area contributed by atoms with E-state index in [4.69, 9.17) is 21.1 Å². The van der Waals surface area contributed by atoms with Crippen LogP contribution in [-0.2, 0) is 9.53 Å². The Kier molecular flexibility index (Phi) is 6.49. The minimum Gasteiger partial charge on any atom is -0.497 e. The second-order valence-corrected chi connectivity index (χ2v) is 5.98. The summed E-state index contributed by atoms with van der Waals surface area (Å²) in [5.74, 6) is 0.317. The number of halogens is 1. The third-order valence-electron chi connectivity index (χ3n) is 2.47. The molecule has 0 aliphatic carbocycles. The van der Waals surface area contributed by atoms with Crippen LogP contribution in [0.5, 0.6) is 5.75 Å². The third kappa shape index (κ3) is 6.67. The zero-order chi connectivity index (χ0) is 16.8. The highest BCUT2D eigenvalue weighted by atomic mass is 35.5. The predicted molar refractivity (Wildman–Crippen MR) is 85.5 cm³/mol. The smallest absolute Gasteiger partial charge is 0.407 e. The molecule has 1 rings (SSSR count). The van der Waals surface area contributed by atoms with Crippen LogP contribution in [0.2, 0.25) is 5.02 Å². The Morgan fingerprint density at radius 2 is 1.95 bits per heavy atom. The molecule has 0 radical (unpaired) electrons. The van der Waals surface area contributed by atoms with Gasteiger partial charge >= 0.3 is 6.09 Å². The topological polar surface area (TPSA) is 76.7 Å². The number of carbonyl (C=O) groups is 2. The van der Waals surface area contributed by atoms with E-state index in [1.807, 2.05) is 0 Å². The molecule has 22 heavy (non-hydrogen) atoms. The Labute approximate surface area is 135 Å². The van der Waals surface area contributed by atoms with E-state index < -0.39 is 11.7 Å². The fraction of sp³-hybridized carbons (Fsp3) is 0.467. The van der Waals surface area contributed by atoms with Gasteiger partial charge in [-0.2, -0.15) is 0 Å². The molecule has 7 heteroatoms. The van der Waals surface area contributed by atoms with Gasteiger partial charge in [0.1, 0.15) is 11.4 Å². The van der Waals surface area contributed by atoms with Crippen LogP contribution in [-0.4, -0.2) is 31.3 Å². The van der Waals surface area contributed by atoms with Crippen LogP contribution in [0.4, 0.5) is 10.5 Å². The van der Waals surface area contributed by atoms with Crippen molar-refractivity contribution in [2.24, 2.45) is 0 Å². The van der Waals surface area contributed by atoms with Crippen molar-refractivity contribution >= 4 is 29.3 Å². The molecule has 1 aromatic rings. The number of ether oxygens (including phenoxy) is 2. The minimum absolute atomic E-state index is 0.104. The lowest BCUT2D eigenvalue weighted by atomic mass is 10.2. The van der Waals surface area contributed by atoms with Crippen LogP contribution in [0.25, 0.3) is 0 Å². The molecule has 2 amide bonds. The van der Waals surface area contributed by atoms with Crippen molar-refractivity contribution in [1.29, 1.82) is 0 Å². The first-order valence-corrected chi connectivity index (χ1v) is 7.19. The molecule has 6 nitrogen and oxygen atoms in total. The van der Waals surface area contributed by atoms with E-state index in [0.29, 0.717) is 16.5 Å². The number of methoxy groups -OCH3 is 1. The van der Waals surface area contributed by atoms with Crippen LogP contribution in [0.3, 0.4) is 0 Å². The molecule has 0 aliphatic rings. The first-order chi connectivity index (χ1) is 10.2. The minimum atomic E-state index is -0.569. The summed E-state index contributed by atoms with van der Waals surface area (Å²) in [6.45, 7) is 5.47. The van der Waals surface area contributed by atoms with E-state index in [0.717, 1.165) is 0 Å². The molecule has 122 valence electrons. The Balaban J connectivity index is 2.42. The van der Waals surface area contributed by atoms with E-state index >= 15 is 0 Å². The van der Waals surface area contributed by atoms with Crippen molar-refractivity contribution in [3.63, 3.8) is 0 Å². The number of anilines is 1. The van der Waals surface area contributed by atoms with Crippen LogP contribution >= 0.6 is 11.6 Å². The van der Waals surface area contributed by atoms with Crippen molar-refractivity contribution in [3.8, 4) is 5.75 Å². The zero-order valence-electron chi connectivity index (χ0n) is 13.2. The van der Waals surface area contributed by atoms with E-state index in [2.05, 4.69) is 10.6 Å². The first-order valence-electron chi connectivity index (χ1n) is 6.81. The van der Waals surface area contributed by atoms with Gasteiger partial charge < -0.3 is 20.1 Å². The summed E-state index contributed by atoms with van der Waals surface area (Å²) in [5.41, 5.74) is -0.108. The predicted octanol–water partition coefficient (Wildman–Crippen LogP) is 3.20. The molecule has 0 aromatic heterocycles. The Hall–Kier alpha value is -1.95. The molecule has 0 aliphatic heterocycles. The van der Waals surface area contributed by atoms with E-state index in [-0.39, 0.29) is 18.9 Å². The SMILES string of the molecule is COc1ccc(Cl)c(NC(=O)CCNC(=O)OC(C)(C)C)c1. The standard InChI is InChI=1S/C15H21ClN2O4/c1-15(2,3)22-14(20)17-8-7-13(19)18-12-9-10(21-4)5-6-11(12)16/h5-6,9H,7-8H2,1-4H3,(H,17,20)(H,18,19). The highest BCUT2D eigenvalue weighted by Gasteiger charge is 2.16. The maximum atomic E-state index is 11.8.